The standard InChI is InChI=1S/C73H86F10N13O20P/c1-38-22-43(27-56(98)87-51(63(102)103)18-19-55(84)97)58(53(23-38)116-117(107,108)109)69(2,3)28-57(99)113-37-114-68(106)115-54(34-94(92-62(101)60(90-67(105)111-9)71(6,7)73(81,82)83)33-47-48(74)25-42(26-49(47)75)50-20-21-95(91-50)64(76)77)52(88-61(100)59(89-66(104)110-8)70(4,5)72(78,79)80)24-40-13-10-39(11-14-40)12-15-41-29-85-65(86-30-41)93-31-44-16-17-45(32-93)96(44)46-35-112-36-46/h10-11,13-14,20-23,25-26,29-30,44-46,51-52,54,59-60,64H,16-19,24,27-28,31-37H2,1-9H3,(H2,84,97)(H,87,98)(H,88,100)(H,89,104)(H,90,105)(H,92,101)(H,102,103)(H2,107,108,109)/t44?,45?,51-,52-,54-,59+,60+/m0/s1. The molecule has 6 amide bonds. The fourth-order valence-corrected chi connectivity index (χ4v) is 13.8. The van der Waals surface area contributed by atoms with Crippen molar-refractivity contribution < 1.29 is 139 Å². The average Bonchev–Trinajstić information content (AvgIpc) is 1.64. The zero-order valence-corrected chi connectivity index (χ0v) is 65.1. The number of phosphoric ester groups is 1. The van der Waals surface area contributed by atoms with E-state index in [0.717, 1.165) is 38.3 Å². The molecule has 3 saturated heterocycles. The number of carboxylic acids is 1. The third-order valence-corrected chi connectivity index (χ3v) is 20.2. The highest BCUT2D eigenvalue weighted by molar-refractivity contribution is 7.46. The number of hydrogen-bond donors (Lipinski definition) is 9. The third-order valence-electron chi connectivity index (χ3n) is 19.7. The Kier molecular flexibility index (Phi) is 29.7. The van der Waals surface area contributed by atoms with E-state index in [-0.39, 0.29) is 44.6 Å². The number of piperazine rings is 1. The molecule has 0 spiro atoms. The second kappa shape index (κ2) is 38.0. The molecule has 5 aromatic rings. The summed E-state index contributed by atoms with van der Waals surface area (Å²) in [5, 5.41) is 21.7. The lowest BCUT2D eigenvalue weighted by Gasteiger charge is -2.47. The fourth-order valence-electron chi connectivity index (χ4n) is 13.4. The van der Waals surface area contributed by atoms with Gasteiger partial charge in [-0.05, 0) is 113 Å². The molecule has 3 aliphatic heterocycles. The number of benzene rings is 3. The monoisotopic (exact) mass is 1690 g/mol. The molecule has 3 fully saturated rings. The smallest absolute Gasteiger partial charge is 0.480 e. The van der Waals surface area contributed by atoms with E-state index in [1.807, 2.05) is 5.43 Å². The number of fused-ring (bicyclic) bond motifs is 2. The molecule has 44 heteroatoms. The van der Waals surface area contributed by atoms with Gasteiger partial charge in [-0.3, -0.25) is 44.1 Å². The van der Waals surface area contributed by atoms with Crippen LogP contribution in [0, 0.1) is 41.2 Å². The van der Waals surface area contributed by atoms with E-state index in [4.69, 9.17) is 29.2 Å². The third kappa shape index (κ3) is 24.1. The van der Waals surface area contributed by atoms with Crippen LogP contribution in [0.1, 0.15) is 119 Å². The van der Waals surface area contributed by atoms with Crippen LogP contribution in [-0.4, -0.2) is 213 Å². The van der Waals surface area contributed by atoms with Crippen LogP contribution >= 0.6 is 7.82 Å². The fraction of sp³-hybridized carbons (Fsp3) is 0.507. The maximum atomic E-state index is 16.8. The summed E-state index contributed by atoms with van der Waals surface area (Å²) in [6.45, 7) is 0.910. The summed E-state index contributed by atoms with van der Waals surface area (Å²) in [5.41, 5.74) is -2.82. The van der Waals surface area contributed by atoms with Gasteiger partial charge in [0.05, 0.1) is 81.0 Å². The van der Waals surface area contributed by atoms with Crippen LogP contribution in [0.15, 0.2) is 73.2 Å². The number of aryl methyl sites for hydroxylation is 1. The van der Waals surface area contributed by atoms with Gasteiger partial charge >= 0.3 is 57.0 Å². The first-order valence-corrected chi connectivity index (χ1v) is 37.3. The van der Waals surface area contributed by atoms with Gasteiger partial charge in [0.25, 0.3) is 5.91 Å². The largest absolute Gasteiger partial charge is 0.524 e. The Bertz CT molecular complexity index is 4540. The Morgan fingerprint density at radius 1 is 0.761 bits per heavy atom. The molecule has 10 N–H and O–H groups in total. The zero-order valence-electron chi connectivity index (χ0n) is 64.2. The summed E-state index contributed by atoms with van der Waals surface area (Å²) in [5.74, 6) is -5.99. The van der Waals surface area contributed by atoms with Crippen molar-refractivity contribution in [3.05, 3.63) is 124 Å². The zero-order chi connectivity index (χ0) is 86.6. The number of carbonyl (C=O) groups excluding carboxylic acids is 8. The maximum absolute atomic E-state index is 16.8. The Balaban J connectivity index is 1.19. The van der Waals surface area contributed by atoms with Crippen LogP contribution in [0.25, 0.3) is 11.3 Å². The summed E-state index contributed by atoms with van der Waals surface area (Å²) < 4.78 is 200. The van der Waals surface area contributed by atoms with Crippen molar-refractivity contribution in [3.63, 3.8) is 0 Å². The Labute approximate surface area is 661 Å². The van der Waals surface area contributed by atoms with Crippen LogP contribution in [-0.2, 0) is 86.6 Å². The van der Waals surface area contributed by atoms with E-state index in [2.05, 4.69) is 56.8 Å². The number of anilines is 1. The molecule has 638 valence electrons. The number of hydrogen-bond acceptors (Lipinski definition) is 23. The predicted molar refractivity (Wildman–Crippen MR) is 387 cm³/mol. The molecule has 0 aliphatic carbocycles. The molecule has 33 nitrogen and oxygen atoms in total. The number of alkyl halides is 8. The van der Waals surface area contributed by atoms with Crippen molar-refractivity contribution in [2.45, 2.75) is 173 Å². The number of primary amides is 1. The van der Waals surface area contributed by atoms with Crippen molar-refractivity contribution in [1.29, 1.82) is 0 Å². The van der Waals surface area contributed by atoms with Crippen LogP contribution in [0.3, 0.4) is 0 Å². The molecule has 5 heterocycles. The number of carboxylic acid groups (broad SMARTS) is 1. The molecule has 7 atom stereocenters. The highest BCUT2D eigenvalue weighted by Crippen LogP contribution is 2.47. The van der Waals surface area contributed by atoms with Crippen molar-refractivity contribution in [2.75, 3.05) is 58.8 Å². The normalized spacial score (nSPS) is 16.7. The summed E-state index contributed by atoms with van der Waals surface area (Å²) in [7, 11) is -4.07. The van der Waals surface area contributed by atoms with Crippen LogP contribution < -0.4 is 41.9 Å². The number of rotatable bonds is 34. The molecule has 0 saturated carbocycles. The van der Waals surface area contributed by atoms with E-state index < -0.39 is 213 Å². The van der Waals surface area contributed by atoms with Gasteiger partial charge in [-0.1, -0.05) is 43.9 Å². The number of methoxy groups -OCH3 is 2. The minimum atomic E-state index is -5.50. The van der Waals surface area contributed by atoms with E-state index in [0.29, 0.717) is 95.8 Å². The van der Waals surface area contributed by atoms with Crippen molar-refractivity contribution in [2.24, 2.45) is 16.6 Å². The van der Waals surface area contributed by atoms with Crippen molar-refractivity contribution in [1.82, 2.24) is 56.4 Å². The number of ether oxygens (including phenoxy) is 6. The summed E-state index contributed by atoms with van der Waals surface area (Å²) in [4.78, 5) is 155. The first-order valence-electron chi connectivity index (χ1n) is 35.8. The van der Waals surface area contributed by atoms with Gasteiger partial charge in [-0.2, -0.15) is 40.2 Å². The quantitative estimate of drug-likeness (QED) is 0.00374. The molecule has 117 heavy (non-hydrogen) atoms. The molecule has 3 aromatic carbocycles. The molecule has 2 bridgehead atoms. The van der Waals surface area contributed by atoms with Crippen LogP contribution in [0.4, 0.5) is 64.2 Å². The van der Waals surface area contributed by atoms with Gasteiger partial charge < -0.3 is 70.0 Å². The first-order chi connectivity index (χ1) is 54.6. The molecule has 8 rings (SSSR count). The summed E-state index contributed by atoms with van der Waals surface area (Å²) in [6.07, 6.45) is -16.2. The minimum Gasteiger partial charge on any atom is -0.480 e. The summed E-state index contributed by atoms with van der Waals surface area (Å²) in [6, 6.07) is 1.52. The van der Waals surface area contributed by atoms with Crippen LogP contribution in [0.2, 0.25) is 0 Å². The number of esters is 1. The molecular weight excluding hydrogens is 1600 g/mol. The van der Waals surface area contributed by atoms with Crippen molar-refractivity contribution >= 4 is 67.7 Å². The van der Waals surface area contributed by atoms with E-state index >= 15 is 35.1 Å². The number of nitrogens with zero attached hydrogens (tertiary/aromatic N) is 7. The first kappa shape index (κ1) is 91.6. The number of alkyl carbamates (subject to hydrolysis) is 2. The van der Waals surface area contributed by atoms with E-state index in [1.54, 1.807) is 10.6 Å². The number of halogens is 10. The molecule has 0 radical (unpaired) electrons. The average molecular weight is 1690 g/mol. The highest BCUT2D eigenvalue weighted by Gasteiger charge is 2.58. The van der Waals surface area contributed by atoms with Gasteiger partial charge in [-0.25, -0.2) is 52.2 Å². The van der Waals surface area contributed by atoms with Crippen LogP contribution in [0.5, 0.6) is 5.75 Å². The number of aromatic nitrogens is 4. The molecular formula is C73H86F10N13O20P. The Hall–Kier alpha value is -10.9. The van der Waals surface area contributed by atoms with Gasteiger partial charge in [0.2, 0.25) is 30.5 Å². The number of hydrazine groups is 1. The topological polar surface area (TPSA) is 435 Å². The van der Waals surface area contributed by atoms with E-state index in [1.165, 1.54) is 63.5 Å². The van der Waals surface area contributed by atoms with Gasteiger partial charge in [0, 0.05) is 84.4 Å². The lowest BCUT2D eigenvalue weighted by Crippen LogP contribution is -2.64. The minimum absolute atomic E-state index is 0.0340. The summed E-state index contributed by atoms with van der Waals surface area (Å²) >= 11 is 0. The second-order valence-corrected chi connectivity index (χ2v) is 30.7. The molecule has 3 aliphatic rings. The Morgan fingerprint density at radius 3 is 1.85 bits per heavy atom. The SMILES string of the molecule is COC(=O)N[C@H](C(=O)N[C@@H](Cc1ccc(C#Cc2cnc(N3CC4CCC(C3)N4C3COC3)nc2)cc1)[C@H](CN(Cc1c(F)cc(-c2ccn(C(F)F)n2)cc1F)NC(=O)[C@@H](NC(=O)OC)C(C)(C)C(F)(F)F)OC(=O)OCOC(=O)CC(C)(C)c1c(CC(=O)N[C@@H](CCC(N)=O)C(=O)O)cc(C)cc1OP(=O)(O)O)C(C)(C)C(F)(F)F. The lowest BCUT2D eigenvalue weighted by atomic mass is 9.77. The van der Waals surface area contributed by atoms with E-state index in [9.17, 15) is 71.4 Å². The lowest BCUT2D eigenvalue weighted by molar-refractivity contribution is -0.221. The maximum Gasteiger partial charge on any atom is 0.524 e. The van der Waals surface area contributed by atoms with Crippen molar-refractivity contribution in [3.8, 4) is 28.8 Å². The predicted octanol–water partition coefficient (Wildman–Crippen LogP) is 7.20. The Morgan fingerprint density at radius 2 is 1.33 bits per heavy atom. The number of carbonyl (C=O) groups is 9. The molecule has 2 aromatic heterocycles. The number of amides is 6. The number of phosphoric acid groups is 1. The van der Waals surface area contributed by atoms with Gasteiger partial charge in [0.15, 0.2) is 0 Å². The number of nitrogens with one attached hydrogen (secondary N) is 5. The molecule has 2 unspecified atom stereocenters. The number of aliphatic carboxylic acids is 1. The van der Waals surface area contributed by atoms with Gasteiger partial charge in [-0.15, -0.1) is 0 Å². The van der Waals surface area contributed by atoms with Gasteiger partial charge in [0.1, 0.15) is 41.6 Å². The number of nitrogens with two attached hydrogens (primary N) is 1. The second-order valence-electron chi connectivity index (χ2n) is 29.5. The highest BCUT2D eigenvalue weighted by atomic mass is 31.2.